The van der Waals surface area contributed by atoms with Crippen molar-refractivity contribution in [1.29, 1.82) is 0 Å². The first-order chi connectivity index (χ1) is 10.2. The third-order valence-electron chi connectivity index (χ3n) is 2.87. The molecule has 4 nitrogen and oxygen atoms in total. The summed E-state index contributed by atoms with van der Waals surface area (Å²) in [5, 5.41) is 12.0. The first kappa shape index (κ1) is 16.1. The van der Waals surface area contributed by atoms with Crippen LogP contribution in [0.1, 0.15) is 21.6 Å². The standard InChI is InChI=1S/C14H10ClF3N2O2/c1-7-2-3-8(15)6-10(7)19-12-9(13(21)22)4-5-11(20-12)14(16,17)18/h2-6H,1H3,(H,19,20)(H,21,22). The normalized spacial score (nSPS) is 11.3. The molecular formula is C14H10ClF3N2O2. The Hall–Kier alpha value is -2.28. The van der Waals surface area contributed by atoms with Crippen LogP contribution in [0.4, 0.5) is 24.7 Å². The summed E-state index contributed by atoms with van der Waals surface area (Å²) in [6.45, 7) is 1.70. The van der Waals surface area contributed by atoms with Gasteiger partial charge in [0.1, 0.15) is 17.1 Å². The molecule has 0 unspecified atom stereocenters. The minimum absolute atomic E-state index is 0.358. The summed E-state index contributed by atoms with van der Waals surface area (Å²) < 4.78 is 38.2. The second-order valence-corrected chi connectivity index (χ2v) is 4.92. The van der Waals surface area contributed by atoms with E-state index < -0.39 is 23.7 Å². The fourth-order valence-electron chi connectivity index (χ4n) is 1.74. The number of alkyl halides is 3. The fraction of sp³-hybridized carbons (Fsp3) is 0.143. The quantitative estimate of drug-likeness (QED) is 0.869. The van der Waals surface area contributed by atoms with Crippen molar-refractivity contribution in [3.63, 3.8) is 0 Å². The molecule has 0 spiro atoms. The van der Waals surface area contributed by atoms with Gasteiger partial charge in [0.2, 0.25) is 0 Å². The van der Waals surface area contributed by atoms with Gasteiger partial charge in [-0.1, -0.05) is 17.7 Å². The first-order valence-electron chi connectivity index (χ1n) is 6.03. The molecule has 0 fully saturated rings. The number of halogens is 4. The van der Waals surface area contributed by atoms with Crippen molar-refractivity contribution in [1.82, 2.24) is 4.98 Å². The maximum absolute atomic E-state index is 12.7. The lowest BCUT2D eigenvalue weighted by atomic mass is 10.1. The Balaban J connectivity index is 2.52. The molecule has 2 N–H and O–H groups in total. The highest BCUT2D eigenvalue weighted by Gasteiger charge is 2.33. The van der Waals surface area contributed by atoms with E-state index in [9.17, 15) is 18.0 Å². The Morgan fingerprint density at radius 1 is 1.27 bits per heavy atom. The molecule has 8 heteroatoms. The van der Waals surface area contributed by atoms with Gasteiger partial charge in [0, 0.05) is 10.7 Å². The Bertz CT molecular complexity index is 733. The zero-order valence-corrected chi connectivity index (χ0v) is 12.0. The van der Waals surface area contributed by atoms with Crippen molar-refractivity contribution in [3.05, 3.63) is 52.2 Å². The van der Waals surface area contributed by atoms with Crippen LogP contribution in [0.2, 0.25) is 5.02 Å². The predicted octanol–water partition coefficient (Wildman–Crippen LogP) is 4.50. The molecule has 0 aliphatic heterocycles. The van der Waals surface area contributed by atoms with Crippen LogP contribution < -0.4 is 5.32 Å². The number of carboxylic acids is 1. The molecule has 1 heterocycles. The number of benzene rings is 1. The van der Waals surface area contributed by atoms with E-state index in [1.807, 2.05) is 0 Å². The summed E-state index contributed by atoms with van der Waals surface area (Å²) in [4.78, 5) is 14.5. The van der Waals surface area contributed by atoms with Crippen molar-refractivity contribution in [2.45, 2.75) is 13.1 Å². The van der Waals surface area contributed by atoms with Gasteiger partial charge in [-0.3, -0.25) is 0 Å². The number of aryl methyl sites for hydroxylation is 1. The van der Waals surface area contributed by atoms with Crippen LogP contribution in [0.15, 0.2) is 30.3 Å². The Kier molecular flexibility index (Phi) is 4.27. The van der Waals surface area contributed by atoms with E-state index in [-0.39, 0.29) is 5.56 Å². The highest BCUT2D eigenvalue weighted by Crippen LogP contribution is 2.31. The predicted molar refractivity (Wildman–Crippen MR) is 75.7 cm³/mol. The van der Waals surface area contributed by atoms with Gasteiger partial charge in [-0.25, -0.2) is 9.78 Å². The molecule has 0 radical (unpaired) electrons. The number of nitrogens with zero attached hydrogens (tertiary/aromatic N) is 1. The van der Waals surface area contributed by atoms with Crippen LogP contribution in [0.25, 0.3) is 0 Å². The molecule has 0 bridgehead atoms. The van der Waals surface area contributed by atoms with Crippen molar-refractivity contribution in [3.8, 4) is 0 Å². The second kappa shape index (κ2) is 5.84. The number of aromatic nitrogens is 1. The molecular weight excluding hydrogens is 321 g/mol. The number of carbonyl (C=O) groups is 1. The number of pyridine rings is 1. The lowest BCUT2D eigenvalue weighted by Crippen LogP contribution is -2.13. The van der Waals surface area contributed by atoms with Gasteiger partial charge in [0.25, 0.3) is 0 Å². The van der Waals surface area contributed by atoms with Crippen molar-refractivity contribution in [2.24, 2.45) is 0 Å². The minimum Gasteiger partial charge on any atom is -0.478 e. The van der Waals surface area contributed by atoms with Crippen LogP contribution in [0.3, 0.4) is 0 Å². The zero-order valence-electron chi connectivity index (χ0n) is 11.2. The maximum atomic E-state index is 12.7. The number of nitrogens with one attached hydrogen (secondary N) is 1. The van der Waals surface area contributed by atoms with E-state index >= 15 is 0 Å². The van der Waals surface area contributed by atoms with Gasteiger partial charge in [-0.05, 0) is 36.8 Å². The molecule has 0 aliphatic carbocycles. The number of hydrogen-bond acceptors (Lipinski definition) is 3. The molecule has 22 heavy (non-hydrogen) atoms. The zero-order chi connectivity index (χ0) is 16.5. The average molecular weight is 331 g/mol. The first-order valence-corrected chi connectivity index (χ1v) is 6.41. The molecule has 2 aromatic rings. The van der Waals surface area contributed by atoms with E-state index in [1.165, 1.54) is 6.07 Å². The molecule has 0 saturated heterocycles. The monoisotopic (exact) mass is 330 g/mol. The lowest BCUT2D eigenvalue weighted by Gasteiger charge is -2.14. The smallest absolute Gasteiger partial charge is 0.433 e. The highest BCUT2D eigenvalue weighted by molar-refractivity contribution is 6.30. The van der Waals surface area contributed by atoms with Crippen LogP contribution in [-0.4, -0.2) is 16.1 Å². The van der Waals surface area contributed by atoms with E-state index in [0.717, 1.165) is 6.07 Å². The van der Waals surface area contributed by atoms with Crippen LogP contribution in [0.5, 0.6) is 0 Å². The van der Waals surface area contributed by atoms with Crippen molar-refractivity contribution in [2.75, 3.05) is 5.32 Å². The van der Waals surface area contributed by atoms with Crippen LogP contribution in [0, 0.1) is 6.92 Å². The van der Waals surface area contributed by atoms with Crippen LogP contribution in [-0.2, 0) is 6.18 Å². The molecule has 0 saturated carbocycles. The largest absolute Gasteiger partial charge is 0.478 e. The van der Waals surface area contributed by atoms with Gasteiger partial charge >= 0.3 is 12.1 Å². The third kappa shape index (κ3) is 3.48. The highest BCUT2D eigenvalue weighted by atomic mass is 35.5. The number of anilines is 2. The maximum Gasteiger partial charge on any atom is 0.433 e. The summed E-state index contributed by atoms with van der Waals surface area (Å²) in [6, 6.07) is 6.22. The molecule has 0 aliphatic rings. The van der Waals surface area contributed by atoms with Gasteiger partial charge in [0.15, 0.2) is 0 Å². The van der Waals surface area contributed by atoms with Crippen molar-refractivity contribution >= 4 is 29.1 Å². The molecule has 116 valence electrons. The van der Waals surface area contributed by atoms with E-state index in [1.54, 1.807) is 19.1 Å². The van der Waals surface area contributed by atoms with E-state index in [4.69, 9.17) is 16.7 Å². The Labute approximate surface area is 128 Å². The summed E-state index contributed by atoms with van der Waals surface area (Å²) in [7, 11) is 0. The van der Waals surface area contributed by atoms with Crippen molar-refractivity contribution < 1.29 is 23.1 Å². The van der Waals surface area contributed by atoms with E-state index in [2.05, 4.69) is 10.3 Å². The topological polar surface area (TPSA) is 62.2 Å². The van der Waals surface area contributed by atoms with Gasteiger partial charge in [-0.15, -0.1) is 0 Å². The SMILES string of the molecule is Cc1ccc(Cl)cc1Nc1nc(C(F)(F)F)ccc1C(=O)O. The number of rotatable bonds is 3. The fourth-order valence-corrected chi connectivity index (χ4v) is 1.91. The van der Waals surface area contributed by atoms with Crippen LogP contribution >= 0.6 is 11.6 Å². The van der Waals surface area contributed by atoms with E-state index in [0.29, 0.717) is 22.3 Å². The molecule has 1 aromatic heterocycles. The van der Waals surface area contributed by atoms with Gasteiger partial charge < -0.3 is 10.4 Å². The summed E-state index contributed by atoms with van der Waals surface area (Å²) in [5.41, 5.74) is -0.492. The molecule has 0 atom stereocenters. The number of aromatic carboxylic acids is 1. The summed E-state index contributed by atoms with van der Waals surface area (Å²) >= 11 is 5.83. The van der Waals surface area contributed by atoms with Gasteiger partial charge in [-0.2, -0.15) is 13.2 Å². The summed E-state index contributed by atoms with van der Waals surface area (Å²) in [6.07, 6.45) is -4.67. The average Bonchev–Trinajstić information content (AvgIpc) is 2.41. The third-order valence-corrected chi connectivity index (χ3v) is 3.10. The molecule has 1 aromatic carbocycles. The number of hydrogen-bond donors (Lipinski definition) is 2. The summed E-state index contributed by atoms with van der Waals surface area (Å²) in [5.74, 6) is -1.78. The Morgan fingerprint density at radius 3 is 2.55 bits per heavy atom. The molecule has 2 rings (SSSR count). The van der Waals surface area contributed by atoms with Gasteiger partial charge in [0.05, 0.1) is 0 Å². The minimum atomic E-state index is -4.67. The lowest BCUT2D eigenvalue weighted by molar-refractivity contribution is -0.141. The Morgan fingerprint density at radius 2 is 1.95 bits per heavy atom. The molecule has 0 amide bonds. The second-order valence-electron chi connectivity index (χ2n) is 4.48. The number of carboxylic acid groups (broad SMARTS) is 1.